The summed E-state index contributed by atoms with van der Waals surface area (Å²) in [4.78, 5) is 4.08. The lowest BCUT2D eigenvalue weighted by Crippen LogP contribution is -1.82. The quantitative estimate of drug-likeness (QED) is 0.662. The average Bonchev–Trinajstić information content (AvgIpc) is 1.93. The Kier molecular flexibility index (Phi) is 2.89. The lowest BCUT2D eigenvalue weighted by Gasteiger charge is -2.00. The second kappa shape index (κ2) is 3.32. The third-order valence-electron chi connectivity index (χ3n) is 1.09. The predicted molar refractivity (Wildman–Crippen MR) is 52.1 cm³/mol. The molecule has 10 heavy (non-hydrogen) atoms. The van der Waals surface area contributed by atoms with Gasteiger partial charge < -0.3 is 0 Å². The van der Waals surface area contributed by atoms with Gasteiger partial charge in [-0.1, -0.05) is 0 Å². The highest BCUT2D eigenvalue weighted by atomic mass is 79.9. The molecule has 1 nitrogen and oxygen atoms in total. The van der Waals surface area contributed by atoms with Gasteiger partial charge in [0.25, 0.3) is 0 Å². The number of hydrogen-bond donors (Lipinski definition) is 0. The number of pyridine rings is 1. The first-order chi connectivity index (χ1) is 4.63. The van der Waals surface area contributed by atoms with Crippen LogP contribution in [-0.2, 0) is 0 Å². The van der Waals surface area contributed by atoms with Crippen LogP contribution >= 0.6 is 47.8 Å². The summed E-state index contributed by atoms with van der Waals surface area (Å²) in [5.41, 5.74) is 1.12. The van der Waals surface area contributed by atoms with E-state index in [9.17, 15) is 0 Å². The molecule has 0 saturated heterocycles. The summed E-state index contributed by atoms with van der Waals surface area (Å²) in [6, 6.07) is 0. The van der Waals surface area contributed by atoms with Gasteiger partial charge in [0, 0.05) is 10.7 Å². The van der Waals surface area contributed by atoms with Gasteiger partial charge in [0.1, 0.15) is 4.60 Å². The minimum atomic E-state index is 0.824. The van der Waals surface area contributed by atoms with E-state index in [0.29, 0.717) is 0 Å². The van der Waals surface area contributed by atoms with E-state index in [2.05, 4.69) is 52.8 Å². The summed E-state index contributed by atoms with van der Waals surface area (Å²) in [5.74, 6) is 0. The van der Waals surface area contributed by atoms with Crippen LogP contribution in [0.3, 0.4) is 0 Å². The van der Waals surface area contributed by atoms with Gasteiger partial charge in [-0.25, -0.2) is 4.98 Å². The topological polar surface area (TPSA) is 12.9 Å². The molecule has 0 radical (unpaired) electrons. The highest BCUT2D eigenvalue weighted by Crippen LogP contribution is 2.30. The van der Waals surface area contributed by atoms with Crippen molar-refractivity contribution in [1.82, 2.24) is 4.98 Å². The number of aryl methyl sites for hydroxylation is 1. The summed E-state index contributed by atoms with van der Waals surface area (Å²) in [6.45, 7) is 1.99. The van der Waals surface area contributed by atoms with Crippen LogP contribution in [0.15, 0.2) is 19.7 Å². The molecule has 1 rings (SSSR count). The van der Waals surface area contributed by atoms with Gasteiger partial charge in [-0.3, -0.25) is 0 Å². The van der Waals surface area contributed by atoms with Gasteiger partial charge in [0.05, 0.1) is 4.47 Å². The monoisotopic (exact) mass is 327 g/mol. The number of rotatable bonds is 0. The van der Waals surface area contributed by atoms with Crippen LogP contribution in [0.25, 0.3) is 0 Å². The van der Waals surface area contributed by atoms with Crippen molar-refractivity contribution in [2.24, 2.45) is 0 Å². The molecule has 1 aromatic rings. The molecular formula is C6H4Br3N. The fourth-order valence-corrected chi connectivity index (χ4v) is 1.80. The maximum atomic E-state index is 4.08. The molecule has 0 amide bonds. The van der Waals surface area contributed by atoms with Crippen LogP contribution < -0.4 is 0 Å². The summed E-state index contributed by atoms with van der Waals surface area (Å²) >= 11 is 10.1. The van der Waals surface area contributed by atoms with Gasteiger partial charge in [-0.2, -0.15) is 0 Å². The highest BCUT2D eigenvalue weighted by molar-refractivity contribution is 9.14. The van der Waals surface area contributed by atoms with Crippen LogP contribution in [0, 0.1) is 6.92 Å². The SMILES string of the molecule is Cc1cnc(Br)c(Br)c1Br. The maximum Gasteiger partial charge on any atom is 0.121 e. The lowest BCUT2D eigenvalue weighted by molar-refractivity contribution is 1.19. The standard InChI is InChI=1S/C6H4Br3N/c1-3-2-10-6(9)5(8)4(3)7/h2H,1H3. The molecule has 0 aliphatic rings. The Labute approximate surface area is 84.6 Å². The summed E-state index contributed by atoms with van der Waals surface area (Å²) in [5, 5.41) is 0. The smallest absolute Gasteiger partial charge is 0.121 e. The van der Waals surface area contributed by atoms with Crippen molar-refractivity contribution in [3.05, 3.63) is 25.3 Å². The van der Waals surface area contributed by atoms with E-state index in [-0.39, 0.29) is 0 Å². The number of hydrogen-bond acceptors (Lipinski definition) is 1. The van der Waals surface area contributed by atoms with Crippen molar-refractivity contribution < 1.29 is 0 Å². The Morgan fingerprint density at radius 2 is 1.80 bits per heavy atom. The first kappa shape index (κ1) is 8.68. The van der Waals surface area contributed by atoms with E-state index in [1.807, 2.05) is 6.92 Å². The molecular weight excluding hydrogens is 326 g/mol. The molecule has 0 bridgehead atoms. The van der Waals surface area contributed by atoms with Gasteiger partial charge >= 0.3 is 0 Å². The second-order valence-electron chi connectivity index (χ2n) is 1.86. The number of halogens is 3. The van der Waals surface area contributed by atoms with Gasteiger partial charge in [0.2, 0.25) is 0 Å². The molecule has 1 aromatic heterocycles. The summed E-state index contributed by atoms with van der Waals surface area (Å²) < 4.78 is 2.84. The molecule has 0 N–H and O–H groups in total. The first-order valence-electron chi connectivity index (χ1n) is 2.59. The van der Waals surface area contributed by atoms with E-state index in [1.54, 1.807) is 6.20 Å². The molecule has 54 valence electrons. The molecule has 0 saturated carbocycles. The lowest BCUT2D eigenvalue weighted by atomic mass is 10.3. The van der Waals surface area contributed by atoms with E-state index >= 15 is 0 Å². The molecule has 0 aliphatic heterocycles. The van der Waals surface area contributed by atoms with Crippen LogP contribution in [0.2, 0.25) is 0 Å². The summed E-state index contributed by atoms with van der Waals surface area (Å²) in [7, 11) is 0. The molecule has 1 heterocycles. The van der Waals surface area contributed by atoms with Crippen LogP contribution in [0.5, 0.6) is 0 Å². The molecule has 0 unspecified atom stereocenters. The Morgan fingerprint density at radius 3 is 2.30 bits per heavy atom. The zero-order valence-corrected chi connectivity index (χ0v) is 9.92. The third-order valence-corrected chi connectivity index (χ3v) is 4.55. The fraction of sp³-hybridized carbons (Fsp3) is 0.167. The van der Waals surface area contributed by atoms with E-state index < -0.39 is 0 Å². The van der Waals surface area contributed by atoms with Gasteiger partial charge in [0.15, 0.2) is 0 Å². The number of aromatic nitrogens is 1. The predicted octanol–water partition coefficient (Wildman–Crippen LogP) is 3.68. The van der Waals surface area contributed by atoms with Crippen LogP contribution in [-0.4, -0.2) is 4.98 Å². The van der Waals surface area contributed by atoms with Crippen molar-refractivity contribution in [3.63, 3.8) is 0 Å². The zero-order chi connectivity index (χ0) is 7.72. The molecule has 0 fully saturated rings. The molecule has 0 aromatic carbocycles. The summed E-state index contributed by atoms with van der Waals surface area (Å²) in [6.07, 6.45) is 1.80. The highest BCUT2D eigenvalue weighted by Gasteiger charge is 2.03. The van der Waals surface area contributed by atoms with Crippen molar-refractivity contribution in [1.29, 1.82) is 0 Å². The van der Waals surface area contributed by atoms with Crippen molar-refractivity contribution >= 4 is 47.8 Å². The van der Waals surface area contributed by atoms with Crippen molar-refractivity contribution in [2.75, 3.05) is 0 Å². The van der Waals surface area contributed by atoms with E-state index in [1.165, 1.54) is 0 Å². The largest absolute Gasteiger partial charge is 0.248 e. The van der Waals surface area contributed by atoms with Gasteiger partial charge in [-0.05, 0) is 60.3 Å². The molecule has 4 heteroatoms. The Hall–Kier alpha value is 0.590. The molecule has 0 atom stereocenters. The van der Waals surface area contributed by atoms with Gasteiger partial charge in [-0.15, -0.1) is 0 Å². The third kappa shape index (κ3) is 1.60. The van der Waals surface area contributed by atoms with Crippen LogP contribution in [0.4, 0.5) is 0 Å². The Bertz CT molecular complexity index is 232. The van der Waals surface area contributed by atoms with E-state index in [0.717, 1.165) is 19.1 Å². The zero-order valence-electron chi connectivity index (χ0n) is 5.16. The normalized spacial score (nSPS) is 10.0. The Morgan fingerprint density at radius 1 is 1.20 bits per heavy atom. The second-order valence-corrected chi connectivity index (χ2v) is 4.20. The van der Waals surface area contributed by atoms with Crippen molar-refractivity contribution in [3.8, 4) is 0 Å². The molecule has 0 aliphatic carbocycles. The minimum absolute atomic E-state index is 0.824. The number of nitrogens with zero attached hydrogens (tertiary/aromatic N) is 1. The first-order valence-corrected chi connectivity index (χ1v) is 4.97. The maximum absolute atomic E-state index is 4.08. The van der Waals surface area contributed by atoms with Crippen LogP contribution in [0.1, 0.15) is 5.56 Å². The van der Waals surface area contributed by atoms with E-state index in [4.69, 9.17) is 0 Å². The Balaban J connectivity index is 3.34. The van der Waals surface area contributed by atoms with Crippen molar-refractivity contribution in [2.45, 2.75) is 6.92 Å². The fourth-order valence-electron chi connectivity index (χ4n) is 0.531. The average molecular weight is 330 g/mol. The minimum Gasteiger partial charge on any atom is -0.248 e. The molecule has 0 spiro atoms.